The molecule has 1 aromatic rings. The van der Waals surface area contributed by atoms with E-state index in [-0.39, 0.29) is 24.9 Å². The van der Waals surface area contributed by atoms with Gasteiger partial charge in [0.05, 0.1) is 13.2 Å². The van der Waals surface area contributed by atoms with Crippen LogP contribution in [0.15, 0.2) is 30.3 Å². The Balaban J connectivity index is 0.00000361. The third-order valence-electron chi connectivity index (χ3n) is 2.45. The highest BCUT2D eigenvalue weighted by molar-refractivity contribution is 5.85. The molecule has 0 bridgehead atoms. The minimum absolute atomic E-state index is 0. The number of halogens is 1. The van der Waals surface area contributed by atoms with E-state index in [1.165, 1.54) is 0 Å². The number of ether oxygens (including phenoxy) is 2. The molecule has 0 unspecified atom stereocenters. The number of hydrogen-bond donors (Lipinski definition) is 2. The van der Waals surface area contributed by atoms with Crippen LogP contribution in [0.5, 0.6) is 0 Å². The monoisotopic (exact) mass is 302 g/mol. The average Bonchev–Trinajstić information content (AvgIpc) is 2.44. The number of benzene rings is 1. The zero-order valence-corrected chi connectivity index (χ0v) is 12.6. The molecule has 0 radical (unpaired) electrons. The maximum absolute atomic E-state index is 11.4. The van der Waals surface area contributed by atoms with Gasteiger partial charge in [0.1, 0.15) is 6.61 Å². The standard InChI is InChI=1S/C14H22N2O3.ClH/c1-18-10-9-15-7-8-16-14(17)12-19-11-13-5-3-2-4-6-13;/h2-6,15H,7-12H2,1H3,(H,16,17);1H. The molecule has 0 aromatic heterocycles. The van der Waals surface area contributed by atoms with Gasteiger partial charge in [-0.25, -0.2) is 0 Å². The molecule has 6 heteroatoms. The van der Waals surface area contributed by atoms with Gasteiger partial charge in [-0.15, -0.1) is 12.4 Å². The number of carbonyl (C=O) groups excluding carboxylic acids is 1. The van der Waals surface area contributed by atoms with Gasteiger partial charge in [-0.2, -0.15) is 0 Å². The molecule has 114 valence electrons. The van der Waals surface area contributed by atoms with Crippen LogP contribution in [0.25, 0.3) is 0 Å². The van der Waals surface area contributed by atoms with Gasteiger partial charge in [-0.05, 0) is 5.56 Å². The summed E-state index contributed by atoms with van der Waals surface area (Å²) in [6.07, 6.45) is 0. The molecule has 0 aliphatic rings. The van der Waals surface area contributed by atoms with Crippen molar-refractivity contribution in [1.82, 2.24) is 10.6 Å². The Hall–Kier alpha value is -1.14. The first-order chi connectivity index (χ1) is 9.33. The van der Waals surface area contributed by atoms with Crippen LogP contribution >= 0.6 is 12.4 Å². The molecule has 0 saturated carbocycles. The van der Waals surface area contributed by atoms with Crippen LogP contribution in [0, 0.1) is 0 Å². The quantitative estimate of drug-likeness (QED) is 0.633. The molecule has 20 heavy (non-hydrogen) atoms. The number of rotatable bonds is 10. The summed E-state index contributed by atoms with van der Waals surface area (Å²) < 4.78 is 10.2. The van der Waals surface area contributed by atoms with E-state index in [2.05, 4.69) is 10.6 Å². The van der Waals surface area contributed by atoms with Gasteiger partial charge in [0.15, 0.2) is 0 Å². The Morgan fingerprint density at radius 2 is 1.90 bits per heavy atom. The Labute approximate surface area is 126 Å². The van der Waals surface area contributed by atoms with Crippen molar-refractivity contribution in [2.45, 2.75) is 6.61 Å². The van der Waals surface area contributed by atoms with E-state index in [0.717, 1.165) is 18.7 Å². The summed E-state index contributed by atoms with van der Waals surface area (Å²) in [5.41, 5.74) is 1.07. The van der Waals surface area contributed by atoms with Crippen molar-refractivity contribution in [2.24, 2.45) is 0 Å². The molecular formula is C14H23ClN2O3. The maximum atomic E-state index is 11.4. The third-order valence-corrected chi connectivity index (χ3v) is 2.45. The lowest BCUT2D eigenvalue weighted by Crippen LogP contribution is -2.35. The van der Waals surface area contributed by atoms with Gasteiger partial charge in [-0.3, -0.25) is 4.79 Å². The number of hydrogen-bond acceptors (Lipinski definition) is 4. The van der Waals surface area contributed by atoms with Crippen LogP contribution in [0.4, 0.5) is 0 Å². The smallest absolute Gasteiger partial charge is 0.246 e. The van der Waals surface area contributed by atoms with Crippen molar-refractivity contribution in [1.29, 1.82) is 0 Å². The van der Waals surface area contributed by atoms with Gasteiger partial charge in [-0.1, -0.05) is 30.3 Å². The van der Waals surface area contributed by atoms with Crippen LogP contribution in [-0.2, 0) is 20.9 Å². The summed E-state index contributed by atoms with van der Waals surface area (Å²) in [6.45, 7) is 3.34. The number of methoxy groups -OCH3 is 1. The zero-order valence-electron chi connectivity index (χ0n) is 11.8. The summed E-state index contributed by atoms with van der Waals surface area (Å²) in [6, 6.07) is 9.79. The Kier molecular flexibility index (Phi) is 12.1. The summed E-state index contributed by atoms with van der Waals surface area (Å²) in [5.74, 6) is -0.0931. The second-order valence-electron chi connectivity index (χ2n) is 4.07. The largest absolute Gasteiger partial charge is 0.383 e. The van der Waals surface area contributed by atoms with E-state index in [1.54, 1.807) is 7.11 Å². The van der Waals surface area contributed by atoms with Gasteiger partial charge < -0.3 is 20.1 Å². The molecule has 1 aromatic carbocycles. The van der Waals surface area contributed by atoms with Gasteiger partial charge >= 0.3 is 0 Å². The molecule has 0 aliphatic carbocycles. The highest BCUT2D eigenvalue weighted by Gasteiger charge is 2.00. The fourth-order valence-electron chi connectivity index (χ4n) is 1.48. The predicted octanol–water partition coefficient (Wildman–Crippen LogP) is 0.977. The molecule has 1 amide bonds. The molecule has 0 spiro atoms. The normalized spacial score (nSPS) is 9.85. The third kappa shape index (κ3) is 9.75. The van der Waals surface area contributed by atoms with Gasteiger partial charge in [0.25, 0.3) is 0 Å². The van der Waals surface area contributed by atoms with Crippen molar-refractivity contribution >= 4 is 18.3 Å². The lowest BCUT2D eigenvalue weighted by Gasteiger charge is -2.07. The molecule has 1 rings (SSSR count). The van der Waals surface area contributed by atoms with Crippen molar-refractivity contribution < 1.29 is 14.3 Å². The fraction of sp³-hybridized carbons (Fsp3) is 0.500. The van der Waals surface area contributed by atoms with Crippen molar-refractivity contribution in [3.05, 3.63) is 35.9 Å². The molecule has 0 saturated heterocycles. The Morgan fingerprint density at radius 3 is 2.60 bits per heavy atom. The summed E-state index contributed by atoms with van der Waals surface area (Å²) >= 11 is 0. The minimum Gasteiger partial charge on any atom is -0.383 e. The number of carbonyl (C=O) groups is 1. The SMILES string of the molecule is COCCNCCNC(=O)COCc1ccccc1.Cl. The molecule has 0 heterocycles. The van der Waals surface area contributed by atoms with E-state index in [9.17, 15) is 4.79 Å². The zero-order chi connectivity index (χ0) is 13.8. The fourth-order valence-corrected chi connectivity index (χ4v) is 1.48. The van der Waals surface area contributed by atoms with E-state index < -0.39 is 0 Å². The average molecular weight is 303 g/mol. The van der Waals surface area contributed by atoms with Crippen molar-refractivity contribution in [3.8, 4) is 0 Å². The summed E-state index contributed by atoms with van der Waals surface area (Å²) in [4.78, 5) is 11.4. The van der Waals surface area contributed by atoms with Crippen LogP contribution in [0.2, 0.25) is 0 Å². The second-order valence-corrected chi connectivity index (χ2v) is 4.07. The lowest BCUT2D eigenvalue weighted by molar-refractivity contribution is -0.126. The van der Waals surface area contributed by atoms with Crippen molar-refractivity contribution in [2.75, 3.05) is 40.0 Å². The van der Waals surface area contributed by atoms with Crippen LogP contribution in [0.1, 0.15) is 5.56 Å². The molecule has 2 N–H and O–H groups in total. The summed E-state index contributed by atoms with van der Waals surface area (Å²) in [7, 11) is 1.66. The van der Waals surface area contributed by atoms with E-state index in [1.807, 2.05) is 30.3 Å². The molecule has 0 atom stereocenters. The summed E-state index contributed by atoms with van der Waals surface area (Å²) in [5, 5.41) is 5.92. The Bertz CT molecular complexity index is 350. The predicted molar refractivity (Wildman–Crippen MR) is 81.1 cm³/mol. The molecule has 5 nitrogen and oxygen atoms in total. The maximum Gasteiger partial charge on any atom is 0.246 e. The van der Waals surface area contributed by atoms with Crippen LogP contribution in [-0.4, -0.2) is 45.9 Å². The Morgan fingerprint density at radius 1 is 1.15 bits per heavy atom. The molecular weight excluding hydrogens is 280 g/mol. The minimum atomic E-state index is -0.0931. The first kappa shape index (κ1) is 18.9. The van der Waals surface area contributed by atoms with Gasteiger partial charge in [0, 0.05) is 26.7 Å². The first-order valence-electron chi connectivity index (χ1n) is 6.41. The highest BCUT2D eigenvalue weighted by atomic mass is 35.5. The molecule has 0 aliphatic heterocycles. The van der Waals surface area contributed by atoms with Crippen LogP contribution < -0.4 is 10.6 Å². The molecule has 0 fully saturated rings. The topological polar surface area (TPSA) is 59.6 Å². The lowest BCUT2D eigenvalue weighted by atomic mass is 10.2. The van der Waals surface area contributed by atoms with E-state index >= 15 is 0 Å². The first-order valence-corrected chi connectivity index (χ1v) is 6.41. The second kappa shape index (κ2) is 12.9. The number of nitrogens with one attached hydrogen (secondary N) is 2. The highest BCUT2D eigenvalue weighted by Crippen LogP contribution is 1.99. The number of amides is 1. The van der Waals surface area contributed by atoms with Gasteiger partial charge in [0.2, 0.25) is 5.91 Å². The van der Waals surface area contributed by atoms with E-state index in [4.69, 9.17) is 9.47 Å². The van der Waals surface area contributed by atoms with Crippen LogP contribution in [0.3, 0.4) is 0 Å². The van der Waals surface area contributed by atoms with E-state index in [0.29, 0.717) is 19.8 Å². The van der Waals surface area contributed by atoms with Crippen molar-refractivity contribution in [3.63, 3.8) is 0 Å².